The zero-order valence-electron chi connectivity index (χ0n) is 18.4. The van der Waals surface area contributed by atoms with E-state index >= 15 is 0 Å². The van der Waals surface area contributed by atoms with Gasteiger partial charge in [0.1, 0.15) is 16.3 Å². The molecule has 1 saturated heterocycles. The molecular weight excluding hydrogens is 499 g/mol. The Morgan fingerprint density at radius 1 is 1.24 bits per heavy atom. The third-order valence-electron chi connectivity index (χ3n) is 6.45. The molecule has 3 atom stereocenters. The number of nitrogens with zero attached hydrogens (tertiary/aromatic N) is 2. The maximum absolute atomic E-state index is 12.6. The number of rotatable bonds is 7. The number of aryl methyl sites for hydroxylation is 1. The number of carbonyl (C=O) groups excluding carboxylic acids is 1. The Balaban J connectivity index is 1.24. The van der Waals surface area contributed by atoms with Crippen LogP contribution in [-0.4, -0.2) is 53.2 Å². The third kappa shape index (κ3) is 4.12. The van der Waals surface area contributed by atoms with E-state index in [9.17, 15) is 14.7 Å². The average Bonchev–Trinajstić information content (AvgIpc) is 3.19. The fourth-order valence-corrected chi connectivity index (χ4v) is 5.90. The van der Waals surface area contributed by atoms with Gasteiger partial charge in [-0.1, -0.05) is 46.7 Å². The number of hydrogen-bond acceptors (Lipinski definition) is 6. The van der Waals surface area contributed by atoms with E-state index in [-0.39, 0.29) is 39.4 Å². The minimum Gasteiger partial charge on any atom is -0.497 e. The minimum atomic E-state index is -0.974. The summed E-state index contributed by atoms with van der Waals surface area (Å²) in [6.45, 7) is 3.18. The summed E-state index contributed by atoms with van der Waals surface area (Å²) < 4.78 is 5.18. The number of aromatic amines is 1. The summed E-state index contributed by atoms with van der Waals surface area (Å²) in [5, 5.41) is 14.0. The van der Waals surface area contributed by atoms with Gasteiger partial charge in [-0.25, -0.2) is 9.78 Å². The van der Waals surface area contributed by atoms with Gasteiger partial charge in [0.15, 0.2) is 5.13 Å². The number of halogens is 2. The van der Waals surface area contributed by atoms with E-state index in [1.807, 2.05) is 24.3 Å². The van der Waals surface area contributed by atoms with E-state index in [0.29, 0.717) is 41.1 Å². The van der Waals surface area contributed by atoms with Crippen LogP contribution in [0.5, 0.6) is 5.75 Å². The summed E-state index contributed by atoms with van der Waals surface area (Å²) in [7, 11) is 1.60. The van der Waals surface area contributed by atoms with Crippen molar-refractivity contribution in [3.8, 4) is 5.75 Å². The van der Waals surface area contributed by atoms with Crippen LogP contribution in [-0.2, 0) is 6.42 Å². The quantitative estimate of drug-likeness (QED) is 0.429. The molecule has 8 nitrogen and oxygen atoms in total. The van der Waals surface area contributed by atoms with Crippen molar-refractivity contribution in [2.24, 2.45) is 11.8 Å². The van der Waals surface area contributed by atoms with Crippen molar-refractivity contribution in [3.63, 3.8) is 0 Å². The van der Waals surface area contributed by atoms with Crippen molar-refractivity contribution in [1.29, 1.82) is 0 Å². The number of carbonyl (C=O) groups is 2. The lowest BCUT2D eigenvalue weighted by atomic mass is 10.1. The van der Waals surface area contributed by atoms with E-state index in [1.165, 1.54) is 11.3 Å². The van der Waals surface area contributed by atoms with Crippen LogP contribution in [0.3, 0.4) is 0 Å². The highest BCUT2D eigenvalue weighted by atomic mass is 35.5. The Labute approximate surface area is 209 Å². The van der Waals surface area contributed by atoms with Crippen molar-refractivity contribution in [2.75, 3.05) is 25.1 Å². The zero-order chi connectivity index (χ0) is 24.1. The number of benzene rings is 1. The van der Waals surface area contributed by atoms with Gasteiger partial charge < -0.3 is 25.0 Å². The molecule has 2 aromatic heterocycles. The van der Waals surface area contributed by atoms with Gasteiger partial charge in [0.05, 0.1) is 22.8 Å². The second-order valence-electron chi connectivity index (χ2n) is 8.59. The molecule has 1 aliphatic heterocycles. The first-order chi connectivity index (χ1) is 16.3. The normalized spacial score (nSPS) is 20.8. The molecule has 1 aromatic carbocycles. The smallest absolute Gasteiger partial charge is 0.347 e. The fourth-order valence-electron chi connectivity index (χ4n) is 4.55. The zero-order valence-corrected chi connectivity index (χ0v) is 20.7. The van der Waals surface area contributed by atoms with Gasteiger partial charge in [-0.2, -0.15) is 0 Å². The molecule has 1 amide bonds. The maximum Gasteiger partial charge on any atom is 0.347 e. The first-order valence-electron chi connectivity index (χ1n) is 10.7. The molecule has 0 radical (unpaired) electrons. The summed E-state index contributed by atoms with van der Waals surface area (Å²) in [4.78, 5) is 34.4. The summed E-state index contributed by atoms with van der Waals surface area (Å²) in [6, 6.07) is 7.57. The van der Waals surface area contributed by atoms with Crippen LogP contribution in [0.2, 0.25) is 10.0 Å². The highest BCUT2D eigenvalue weighted by molar-refractivity contribution is 7.17. The number of ether oxygens (including phenoxy) is 1. The molecule has 178 valence electrons. The molecule has 0 spiro atoms. The van der Waals surface area contributed by atoms with Crippen molar-refractivity contribution in [2.45, 2.75) is 19.4 Å². The first kappa shape index (κ1) is 23.0. The number of fused-ring (bicyclic) bond motifs is 1. The number of nitrogens with one attached hydrogen (secondary N) is 2. The highest BCUT2D eigenvalue weighted by Crippen LogP contribution is 2.48. The van der Waals surface area contributed by atoms with Crippen molar-refractivity contribution < 1.29 is 19.4 Å². The molecule has 34 heavy (non-hydrogen) atoms. The second-order valence-corrected chi connectivity index (χ2v) is 10.3. The van der Waals surface area contributed by atoms with Crippen LogP contribution in [0, 0.1) is 18.8 Å². The Hall–Kier alpha value is -2.75. The first-order valence-corrected chi connectivity index (χ1v) is 12.3. The minimum absolute atomic E-state index is 0.0554. The standard InChI is InChI=1S/C23H22Cl2N4O4S/c1-10-16(24)17(25)19(26-10)21(30)28-18-13-8-29(9-14(13)18)23-27-15(20(34-23)22(31)32)7-11-3-5-12(33-2)6-4-11/h3-6,13-14,18,26H,7-9H2,1-2H3,(H,28,30)(H,31,32)/t13-,14+,18-. The molecule has 2 fully saturated rings. The van der Waals surface area contributed by atoms with E-state index in [2.05, 4.69) is 20.2 Å². The van der Waals surface area contributed by atoms with Crippen LogP contribution in [0.25, 0.3) is 0 Å². The lowest BCUT2D eigenvalue weighted by Crippen LogP contribution is -2.34. The van der Waals surface area contributed by atoms with E-state index in [0.717, 1.165) is 11.3 Å². The molecule has 11 heteroatoms. The molecule has 3 N–H and O–H groups in total. The Kier molecular flexibility index (Phi) is 5.95. The monoisotopic (exact) mass is 520 g/mol. The number of methoxy groups -OCH3 is 1. The van der Waals surface area contributed by atoms with Gasteiger partial charge in [0.2, 0.25) is 0 Å². The van der Waals surface area contributed by atoms with Crippen LogP contribution in [0.15, 0.2) is 24.3 Å². The van der Waals surface area contributed by atoms with Crippen LogP contribution in [0.4, 0.5) is 5.13 Å². The second kappa shape index (κ2) is 8.79. The van der Waals surface area contributed by atoms with Crippen LogP contribution in [0.1, 0.15) is 37.1 Å². The Morgan fingerprint density at radius 3 is 2.47 bits per heavy atom. The molecule has 3 aromatic rings. The average molecular weight is 521 g/mol. The number of aromatic nitrogens is 2. The van der Waals surface area contributed by atoms with E-state index < -0.39 is 5.97 Å². The molecule has 0 unspecified atom stereocenters. The number of H-pyrrole nitrogens is 1. The summed E-state index contributed by atoms with van der Waals surface area (Å²) in [5.41, 5.74) is 2.45. The Morgan fingerprint density at radius 2 is 1.91 bits per heavy atom. The van der Waals surface area contributed by atoms with Gasteiger partial charge in [-0.05, 0) is 24.6 Å². The van der Waals surface area contributed by atoms with E-state index in [4.69, 9.17) is 27.9 Å². The molecule has 1 aliphatic carbocycles. The van der Waals surface area contributed by atoms with Crippen LogP contribution < -0.4 is 15.0 Å². The number of hydrogen-bond donors (Lipinski definition) is 3. The molecular formula is C23H22Cl2N4O4S. The molecule has 3 heterocycles. The molecule has 5 rings (SSSR count). The summed E-state index contributed by atoms with van der Waals surface area (Å²) >= 11 is 13.4. The van der Waals surface area contributed by atoms with Crippen molar-refractivity contribution in [3.05, 3.63) is 61.8 Å². The lowest BCUT2D eigenvalue weighted by molar-refractivity contribution is 0.0700. The summed E-state index contributed by atoms with van der Waals surface area (Å²) in [5.74, 6) is 0.0810. The predicted molar refractivity (Wildman–Crippen MR) is 131 cm³/mol. The van der Waals surface area contributed by atoms with Crippen LogP contribution >= 0.6 is 34.5 Å². The molecule has 1 saturated carbocycles. The predicted octanol–water partition coefficient (Wildman–Crippen LogP) is 4.25. The number of aromatic carboxylic acids is 1. The van der Waals surface area contributed by atoms with Gasteiger partial charge in [-0.3, -0.25) is 4.79 Å². The third-order valence-corrected chi connectivity index (χ3v) is 8.55. The Bertz CT molecular complexity index is 1260. The number of amides is 1. The number of carboxylic acids is 1. The number of thiazole rings is 1. The van der Waals surface area contributed by atoms with Crippen molar-refractivity contribution >= 4 is 51.5 Å². The number of carboxylic acid groups (broad SMARTS) is 1. The number of anilines is 1. The van der Waals surface area contributed by atoms with E-state index in [1.54, 1.807) is 14.0 Å². The topological polar surface area (TPSA) is 108 Å². The SMILES string of the molecule is COc1ccc(Cc2nc(N3C[C@@H]4[C@H](C3)[C@@H]4NC(=O)c3[nH]c(C)c(Cl)c3Cl)sc2C(=O)O)cc1. The van der Waals surface area contributed by atoms with Gasteiger partial charge in [0, 0.05) is 43.1 Å². The highest BCUT2D eigenvalue weighted by Gasteiger charge is 2.57. The van der Waals surface area contributed by atoms with Gasteiger partial charge in [0.25, 0.3) is 5.91 Å². The van der Waals surface area contributed by atoms with Crippen molar-refractivity contribution in [1.82, 2.24) is 15.3 Å². The van der Waals surface area contributed by atoms with Gasteiger partial charge in [-0.15, -0.1) is 0 Å². The molecule has 0 bridgehead atoms. The fraction of sp³-hybridized carbons (Fsp3) is 0.348. The van der Waals surface area contributed by atoms with Gasteiger partial charge >= 0.3 is 5.97 Å². The largest absolute Gasteiger partial charge is 0.497 e. The molecule has 2 aliphatic rings. The maximum atomic E-state index is 12.6. The summed E-state index contributed by atoms with van der Waals surface area (Å²) in [6.07, 6.45) is 0.431. The number of piperidine rings is 1. The lowest BCUT2D eigenvalue weighted by Gasteiger charge is -2.19.